The molecule has 0 aliphatic carbocycles. The molecule has 3 aromatic rings. The van der Waals surface area contributed by atoms with Crippen LogP contribution in [-0.2, 0) is 0 Å². The van der Waals surface area contributed by atoms with Crippen LogP contribution in [0.5, 0.6) is 11.5 Å². The molecule has 7 nitrogen and oxygen atoms in total. The Morgan fingerprint density at radius 1 is 1.04 bits per heavy atom. The number of aryl methyl sites for hydroxylation is 1. The van der Waals surface area contributed by atoms with E-state index in [1.54, 1.807) is 29.8 Å². The fourth-order valence-electron chi connectivity index (χ4n) is 2.85. The van der Waals surface area contributed by atoms with E-state index in [1.165, 1.54) is 6.07 Å². The Bertz CT molecular complexity index is 1060. The highest BCUT2D eigenvalue weighted by Gasteiger charge is 2.17. The smallest absolute Gasteiger partial charge is 0.280 e. The number of nitrogens with zero attached hydrogens (tertiary/aromatic N) is 2. The minimum Gasteiger partial charge on any atom is -0.486 e. The molecule has 0 saturated heterocycles. The molecule has 4 rings (SSSR count). The van der Waals surface area contributed by atoms with E-state index in [9.17, 15) is 9.59 Å². The van der Waals surface area contributed by atoms with Crippen molar-refractivity contribution in [2.75, 3.05) is 18.5 Å². The van der Waals surface area contributed by atoms with Crippen molar-refractivity contribution in [2.24, 2.45) is 0 Å². The minimum atomic E-state index is -0.582. The Morgan fingerprint density at radius 3 is 2.56 bits per heavy atom. The van der Waals surface area contributed by atoms with Crippen molar-refractivity contribution in [3.8, 4) is 17.2 Å². The van der Waals surface area contributed by atoms with E-state index in [4.69, 9.17) is 9.47 Å². The maximum atomic E-state index is 12.6. The lowest BCUT2D eigenvalue weighted by Gasteiger charge is -2.19. The first-order valence-electron chi connectivity index (χ1n) is 8.49. The average molecular weight is 363 g/mol. The molecular formula is C20H17N3O4. The molecule has 1 N–H and O–H groups in total. The summed E-state index contributed by atoms with van der Waals surface area (Å²) in [4.78, 5) is 24.9. The average Bonchev–Trinajstić information content (AvgIpc) is 2.68. The van der Waals surface area contributed by atoms with E-state index < -0.39 is 11.3 Å². The molecule has 2 heterocycles. The van der Waals surface area contributed by atoms with Crippen LogP contribution in [0, 0.1) is 6.92 Å². The molecule has 0 atom stereocenters. The van der Waals surface area contributed by atoms with Crippen molar-refractivity contribution in [3.05, 3.63) is 76.2 Å². The Kier molecular flexibility index (Phi) is 4.33. The zero-order chi connectivity index (χ0) is 18.8. The second-order valence-electron chi connectivity index (χ2n) is 6.06. The van der Waals surface area contributed by atoms with Gasteiger partial charge in [-0.05, 0) is 31.2 Å². The Balaban J connectivity index is 1.65. The molecule has 7 heteroatoms. The number of rotatable bonds is 3. The van der Waals surface area contributed by atoms with Crippen LogP contribution < -0.4 is 20.2 Å². The van der Waals surface area contributed by atoms with Crippen molar-refractivity contribution in [2.45, 2.75) is 6.92 Å². The van der Waals surface area contributed by atoms with E-state index in [0.29, 0.717) is 36.1 Å². The molecule has 2 aromatic carbocycles. The second-order valence-corrected chi connectivity index (χ2v) is 6.06. The highest BCUT2D eigenvalue weighted by atomic mass is 16.6. The lowest BCUT2D eigenvalue weighted by Crippen LogP contribution is -2.27. The Hall–Kier alpha value is -3.61. The lowest BCUT2D eigenvalue weighted by atomic mass is 10.2. The van der Waals surface area contributed by atoms with E-state index in [2.05, 4.69) is 10.4 Å². The van der Waals surface area contributed by atoms with Crippen LogP contribution in [0.4, 0.5) is 5.69 Å². The highest BCUT2D eigenvalue weighted by molar-refractivity contribution is 6.02. The number of aromatic nitrogens is 2. The van der Waals surface area contributed by atoms with Crippen LogP contribution in [0.2, 0.25) is 0 Å². The maximum absolute atomic E-state index is 12.6. The van der Waals surface area contributed by atoms with Gasteiger partial charge in [-0.3, -0.25) is 9.59 Å². The van der Waals surface area contributed by atoms with Crippen LogP contribution in [0.3, 0.4) is 0 Å². The number of benzene rings is 2. The molecule has 1 aliphatic rings. The quantitative estimate of drug-likeness (QED) is 0.773. The summed E-state index contributed by atoms with van der Waals surface area (Å²) in [6, 6.07) is 15.8. The van der Waals surface area contributed by atoms with Crippen molar-refractivity contribution in [3.63, 3.8) is 0 Å². The number of hydrogen-bond acceptors (Lipinski definition) is 5. The van der Waals surface area contributed by atoms with E-state index in [1.807, 2.05) is 30.3 Å². The molecule has 27 heavy (non-hydrogen) atoms. The highest BCUT2D eigenvalue weighted by Crippen LogP contribution is 2.32. The zero-order valence-electron chi connectivity index (χ0n) is 14.6. The van der Waals surface area contributed by atoms with Crippen LogP contribution >= 0.6 is 0 Å². The van der Waals surface area contributed by atoms with Gasteiger partial charge in [-0.1, -0.05) is 18.2 Å². The predicted octanol–water partition coefficient (Wildman–Crippen LogP) is 2.56. The SMILES string of the molecule is Cc1cc(=O)c(C(=O)Nc2ccc3c(c2)OCCO3)nn1-c1ccccc1. The van der Waals surface area contributed by atoms with Crippen molar-refractivity contribution < 1.29 is 14.3 Å². The van der Waals surface area contributed by atoms with Gasteiger partial charge in [0.2, 0.25) is 5.43 Å². The third-order valence-electron chi connectivity index (χ3n) is 4.12. The molecule has 1 aliphatic heterocycles. The zero-order valence-corrected chi connectivity index (χ0v) is 14.6. The molecule has 1 aromatic heterocycles. The van der Waals surface area contributed by atoms with Gasteiger partial charge in [0.1, 0.15) is 13.2 Å². The van der Waals surface area contributed by atoms with Crippen molar-refractivity contribution in [1.29, 1.82) is 0 Å². The number of fused-ring (bicyclic) bond motifs is 1. The fraction of sp³-hybridized carbons (Fsp3) is 0.150. The first kappa shape index (κ1) is 16.8. The summed E-state index contributed by atoms with van der Waals surface area (Å²) in [5, 5.41) is 6.96. The molecule has 0 radical (unpaired) electrons. The number of ether oxygens (including phenoxy) is 2. The largest absolute Gasteiger partial charge is 0.486 e. The van der Waals surface area contributed by atoms with E-state index in [0.717, 1.165) is 5.69 Å². The fourth-order valence-corrected chi connectivity index (χ4v) is 2.85. The topological polar surface area (TPSA) is 82.5 Å². The van der Waals surface area contributed by atoms with Gasteiger partial charge in [-0.15, -0.1) is 0 Å². The van der Waals surface area contributed by atoms with Gasteiger partial charge in [0.25, 0.3) is 5.91 Å². The third-order valence-corrected chi connectivity index (χ3v) is 4.12. The number of hydrogen-bond donors (Lipinski definition) is 1. The number of amides is 1. The van der Waals surface area contributed by atoms with Gasteiger partial charge < -0.3 is 14.8 Å². The summed E-state index contributed by atoms with van der Waals surface area (Å²) in [6.07, 6.45) is 0. The molecule has 0 spiro atoms. The van der Waals surface area contributed by atoms with E-state index >= 15 is 0 Å². The number of para-hydroxylation sites is 1. The van der Waals surface area contributed by atoms with Gasteiger partial charge >= 0.3 is 0 Å². The Labute approximate surface area is 155 Å². The summed E-state index contributed by atoms with van der Waals surface area (Å²) in [6.45, 7) is 2.71. The van der Waals surface area contributed by atoms with Gasteiger partial charge in [0.05, 0.1) is 5.69 Å². The maximum Gasteiger partial charge on any atom is 0.280 e. The summed E-state index contributed by atoms with van der Waals surface area (Å²) in [5.74, 6) is 0.595. The molecule has 0 bridgehead atoms. The monoisotopic (exact) mass is 363 g/mol. The normalized spacial score (nSPS) is 12.5. The molecule has 136 valence electrons. The first-order chi connectivity index (χ1) is 13.1. The number of carbonyl (C=O) groups is 1. The molecule has 1 amide bonds. The van der Waals surface area contributed by atoms with E-state index in [-0.39, 0.29) is 5.69 Å². The van der Waals surface area contributed by atoms with Gasteiger partial charge in [0, 0.05) is 23.5 Å². The first-order valence-corrected chi connectivity index (χ1v) is 8.49. The second kappa shape index (κ2) is 6.95. The molecule has 0 saturated carbocycles. The van der Waals surface area contributed by atoms with Crippen molar-refractivity contribution >= 4 is 11.6 Å². The molecular weight excluding hydrogens is 346 g/mol. The predicted molar refractivity (Wildman–Crippen MR) is 100.0 cm³/mol. The number of carbonyl (C=O) groups excluding carboxylic acids is 1. The summed E-state index contributed by atoms with van der Waals surface area (Å²) < 4.78 is 12.5. The number of nitrogens with one attached hydrogen (secondary N) is 1. The van der Waals surface area contributed by atoms with Gasteiger partial charge in [0.15, 0.2) is 17.2 Å². The van der Waals surface area contributed by atoms with Gasteiger partial charge in [-0.2, -0.15) is 5.10 Å². The van der Waals surface area contributed by atoms with Crippen molar-refractivity contribution in [1.82, 2.24) is 9.78 Å². The molecule has 0 fully saturated rings. The minimum absolute atomic E-state index is 0.181. The van der Waals surface area contributed by atoms with Crippen LogP contribution in [0.1, 0.15) is 16.2 Å². The summed E-state index contributed by atoms with van der Waals surface area (Å²) >= 11 is 0. The number of anilines is 1. The molecule has 0 unspecified atom stereocenters. The third kappa shape index (κ3) is 3.39. The van der Waals surface area contributed by atoms with Crippen LogP contribution in [-0.4, -0.2) is 28.9 Å². The lowest BCUT2D eigenvalue weighted by molar-refractivity contribution is 0.101. The standard InChI is InChI=1S/C20H17N3O4/c1-13-11-16(24)19(22-23(13)15-5-3-2-4-6-15)20(25)21-14-7-8-17-18(12-14)27-10-9-26-17/h2-8,11-12H,9-10H2,1H3,(H,21,25). The summed E-state index contributed by atoms with van der Waals surface area (Å²) in [5.41, 5.74) is 1.29. The van der Waals surface area contributed by atoms with Crippen LogP contribution in [0.25, 0.3) is 5.69 Å². The summed E-state index contributed by atoms with van der Waals surface area (Å²) in [7, 11) is 0. The van der Waals surface area contributed by atoms with Gasteiger partial charge in [-0.25, -0.2) is 4.68 Å². The Morgan fingerprint density at radius 2 is 1.78 bits per heavy atom. The van der Waals surface area contributed by atoms with Crippen LogP contribution in [0.15, 0.2) is 59.4 Å².